The summed E-state index contributed by atoms with van der Waals surface area (Å²) in [5.41, 5.74) is -2.15. The maximum Gasteiger partial charge on any atom is 0.416 e. The molecule has 0 aromatic heterocycles. The Morgan fingerprint density at radius 3 is 2.74 bits per heavy atom. The number of rotatable bonds is 3. The van der Waals surface area contributed by atoms with Crippen molar-refractivity contribution in [1.29, 1.82) is 0 Å². The van der Waals surface area contributed by atoms with Gasteiger partial charge in [0.2, 0.25) is 11.8 Å². The van der Waals surface area contributed by atoms with Crippen LogP contribution in [-0.2, 0) is 30.0 Å². The molecule has 1 aromatic rings. The monoisotopic (exact) mass is 383 g/mol. The van der Waals surface area contributed by atoms with Crippen LogP contribution in [0, 0.1) is 11.8 Å². The molecule has 0 radical (unpaired) electrons. The van der Waals surface area contributed by atoms with E-state index in [-0.39, 0.29) is 12.3 Å². The Bertz CT molecular complexity index is 839. The summed E-state index contributed by atoms with van der Waals surface area (Å²) < 4.78 is 49.9. The second-order valence-corrected chi connectivity index (χ2v) is 7.10. The van der Waals surface area contributed by atoms with Gasteiger partial charge < -0.3 is 9.47 Å². The van der Waals surface area contributed by atoms with Gasteiger partial charge in [-0.3, -0.25) is 14.4 Å². The van der Waals surface area contributed by atoms with Crippen LogP contribution in [0.2, 0.25) is 0 Å². The molecule has 0 saturated carbocycles. The van der Waals surface area contributed by atoms with Gasteiger partial charge in [0.05, 0.1) is 29.2 Å². The number of carbonyl (C=O) groups is 3. The number of anilines is 1. The smallest absolute Gasteiger partial charge is 0.416 e. The van der Waals surface area contributed by atoms with Gasteiger partial charge in [0.15, 0.2) is 0 Å². The SMILES string of the molecule is CC(=O)OCC12CCC(O1)C1C(=O)N(c3cccc(C(F)(F)F)c3)C(=O)C12. The molecule has 3 fully saturated rings. The maximum absolute atomic E-state index is 13.0. The lowest BCUT2D eigenvalue weighted by molar-refractivity contribution is -0.153. The Kier molecular flexibility index (Phi) is 3.85. The van der Waals surface area contributed by atoms with E-state index in [9.17, 15) is 27.6 Å². The van der Waals surface area contributed by atoms with Crippen molar-refractivity contribution in [1.82, 2.24) is 0 Å². The van der Waals surface area contributed by atoms with Gasteiger partial charge in [0.1, 0.15) is 12.2 Å². The van der Waals surface area contributed by atoms with Crippen LogP contribution in [0.4, 0.5) is 18.9 Å². The van der Waals surface area contributed by atoms with Gasteiger partial charge in [-0.25, -0.2) is 4.90 Å². The molecule has 0 N–H and O–H groups in total. The van der Waals surface area contributed by atoms with Crippen LogP contribution >= 0.6 is 0 Å². The Labute approximate surface area is 152 Å². The number of benzene rings is 1. The third-order valence-electron chi connectivity index (χ3n) is 5.51. The predicted molar refractivity (Wildman–Crippen MR) is 84.4 cm³/mol. The highest BCUT2D eigenvalue weighted by atomic mass is 19.4. The first-order chi connectivity index (χ1) is 12.6. The zero-order valence-corrected chi connectivity index (χ0v) is 14.3. The van der Waals surface area contributed by atoms with Crippen molar-refractivity contribution in [2.75, 3.05) is 11.5 Å². The van der Waals surface area contributed by atoms with Crippen molar-refractivity contribution in [3.8, 4) is 0 Å². The summed E-state index contributed by atoms with van der Waals surface area (Å²) in [6.07, 6.45) is -4.12. The molecule has 2 amide bonds. The lowest BCUT2D eigenvalue weighted by Crippen LogP contribution is -2.45. The molecular formula is C18H16F3NO5. The number of hydrogen-bond donors (Lipinski definition) is 0. The van der Waals surface area contributed by atoms with Gasteiger partial charge >= 0.3 is 12.1 Å². The van der Waals surface area contributed by atoms with E-state index in [1.54, 1.807) is 0 Å². The highest BCUT2D eigenvalue weighted by molar-refractivity contribution is 6.23. The van der Waals surface area contributed by atoms with Crippen LogP contribution in [0.25, 0.3) is 0 Å². The fraction of sp³-hybridized carbons (Fsp3) is 0.500. The first-order valence-corrected chi connectivity index (χ1v) is 8.50. The number of halogens is 3. The van der Waals surface area contributed by atoms with Crippen molar-refractivity contribution < 1.29 is 37.0 Å². The Balaban J connectivity index is 1.68. The van der Waals surface area contributed by atoms with E-state index in [1.807, 2.05) is 0 Å². The molecule has 3 saturated heterocycles. The van der Waals surface area contributed by atoms with Crippen molar-refractivity contribution in [2.45, 2.75) is 37.6 Å². The van der Waals surface area contributed by atoms with Crippen LogP contribution in [0.15, 0.2) is 24.3 Å². The summed E-state index contributed by atoms with van der Waals surface area (Å²) in [7, 11) is 0. The molecule has 0 spiro atoms. The fourth-order valence-corrected chi connectivity index (χ4v) is 4.40. The number of hydrogen-bond acceptors (Lipinski definition) is 5. The highest BCUT2D eigenvalue weighted by Crippen LogP contribution is 2.56. The Morgan fingerprint density at radius 1 is 1.33 bits per heavy atom. The molecule has 3 aliphatic heterocycles. The summed E-state index contributed by atoms with van der Waals surface area (Å²) in [4.78, 5) is 37.9. The van der Waals surface area contributed by atoms with E-state index in [0.717, 1.165) is 23.1 Å². The lowest BCUT2D eigenvalue weighted by atomic mass is 9.73. The normalized spacial score (nSPS) is 32.1. The highest BCUT2D eigenvalue weighted by Gasteiger charge is 2.70. The molecule has 0 aliphatic carbocycles. The van der Waals surface area contributed by atoms with E-state index in [0.29, 0.717) is 12.8 Å². The number of esters is 1. The molecule has 4 unspecified atom stereocenters. The minimum Gasteiger partial charge on any atom is -0.463 e. The number of imide groups is 1. The van der Waals surface area contributed by atoms with Crippen molar-refractivity contribution in [2.24, 2.45) is 11.8 Å². The average molecular weight is 383 g/mol. The van der Waals surface area contributed by atoms with Crippen LogP contribution in [-0.4, -0.2) is 36.1 Å². The van der Waals surface area contributed by atoms with E-state index in [2.05, 4.69) is 0 Å². The van der Waals surface area contributed by atoms with E-state index in [1.165, 1.54) is 13.0 Å². The number of nitrogens with zero attached hydrogens (tertiary/aromatic N) is 1. The van der Waals surface area contributed by atoms with Gasteiger partial charge in [0.25, 0.3) is 0 Å². The van der Waals surface area contributed by atoms with E-state index >= 15 is 0 Å². The Hall–Kier alpha value is -2.42. The zero-order chi connectivity index (χ0) is 19.6. The van der Waals surface area contributed by atoms with Crippen molar-refractivity contribution >= 4 is 23.5 Å². The standard InChI is InChI=1S/C18H16F3NO5/c1-9(23)26-8-17-6-5-12(27-17)13-14(17)16(25)22(15(13)24)11-4-2-3-10(7-11)18(19,20)21/h2-4,7,12-14H,5-6,8H2,1H3. The quantitative estimate of drug-likeness (QED) is 0.592. The summed E-state index contributed by atoms with van der Waals surface area (Å²) in [5.74, 6) is -3.35. The third-order valence-corrected chi connectivity index (χ3v) is 5.51. The van der Waals surface area contributed by atoms with Crippen molar-refractivity contribution in [3.05, 3.63) is 29.8 Å². The molecular weight excluding hydrogens is 367 g/mol. The molecule has 27 heavy (non-hydrogen) atoms. The first-order valence-electron chi connectivity index (χ1n) is 8.50. The summed E-state index contributed by atoms with van der Waals surface area (Å²) in [6, 6.07) is 4.13. The van der Waals surface area contributed by atoms with Gasteiger partial charge in [-0.05, 0) is 31.0 Å². The topological polar surface area (TPSA) is 72.9 Å². The van der Waals surface area contributed by atoms with Crippen LogP contribution < -0.4 is 4.90 Å². The lowest BCUT2D eigenvalue weighted by Gasteiger charge is -2.30. The second kappa shape index (κ2) is 5.79. The van der Waals surface area contributed by atoms with E-state index < -0.39 is 53.1 Å². The molecule has 9 heteroatoms. The zero-order valence-electron chi connectivity index (χ0n) is 14.3. The molecule has 3 aliphatic rings. The van der Waals surface area contributed by atoms with Crippen LogP contribution in [0.3, 0.4) is 0 Å². The molecule has 3 heterocycles. The Morgan fingerprint density at radius 2 is 2.07 bits per heavy atom. The predicted octanol–water partition coefficient (Wildman–Crippen LogP) is 2.31. The molecule has 6 nitrogen and oxygen atoms in total. The van der Waals surface area contributed by atoms with Gasteiger partial charge in [-0.1, -0.05) is 6.07 Å². The maximum atomic E-state index is 13.0. The minimum absolute atomic E-state index is 0.115. The fourth-order valence-electron chi connectivity index (χ4n) is 4.40. The number of amides is 2. The second-order valence-electron chi connectivity index (χ2n) is 7.10. The van der Waals surface area contributed by atoms with E-state index in [4.69, 9.17) is 9.47 Å². The average Bonchev–Trinajstić information content (AvgIpc) is 3.23. The molecule has 1 aromatic carbocycles. The summed E-state index contributed by atoms with van der Waals surface area (Å²) in [5, 5.41) is 0. The number of fused-ring (bicyclic) bond motifs is 5. The molecule has 4 atom stereocenters. The molecule has 144 valence electrons. The van der Waals surface area contributed by atoms with Crippen LogP contribution in [0.1, 0.15) is 25.3 Å². The number of ether oxygens (including phenoxy) is 2. The van der Waals surface area contributed by atoms with Crippen LogP contribution in [0.5, 0.6) is 0 Å². The molecule has 4 rings (SSSR count). The van der Waals surface area contributed by atoms with Gasteiger partial charge in [-0.15, -0.1) is 0 Å². The first kappa shape index (κ1) is 18.0. The van der Waals surface area contributed by atoms with Crippen molar-refractivity contribution in [3.63, 3.8) is 0 Å². The molecule has 2 bridgehead atoms. The third kappa shape index (κ3) is 2.63. The van der Waals surface area contributed by atoms with Gasteiger partial charge in [0, 0.05) is 6.92 Å². The summed E-state index contributed by atoms with van der Waals surface area (Å²) in [6.45, 7) is 1.07. The van der Waals surface area contributed by atoms with Gasteiger partial charge in [-0.2, -0.15) is 13.2 Å². The minimum atomic E-state index is -4.59. The number of alkyl halides is 3. The largest absolute Gasteiger partial charge is 0.463 e. The summed E-state index contributed by atoms with van der Waals surface area (Å²) >= 11 is 0. The number of carbonyl (C=O) groups excluding carboxylic acids is 3.